The summed E-state index contributed by atoms with van der Waals surface area (Å²) in [6.07, 6.45) is 4.56. The van der Waals surface area contributed by atoms with Gasteiger partial charge in [0.15, 0.2) is 0 Å². The van der Waals surface area contributed by atoms with Crippen molar-refractivity contribution in [3.8, 4) is 12.3 Å². The summed E-state index contributed by atoms with van der Waals surface area (Å²) in [5.41, 5.74) is 0. The third-order valence-corrected chi connectivity index (χ3v) is 2.07. The smallest absolute Gasteiger partial charge is 0.139 e. The highest BCUT2D eigenvalue weighted by atomic mass is 19.1. The van der Waals surface area contributed by atoms with Crippen LogP contribution in [0.2, 0.25) is 0 Å². The second-order valence-corrected chi connectivity index (χ2v) is 3.12. The zero-order valence-corrected chi connectivity index (χ0v) is 7.29. The molecule has 0 radical (unpaired) electrons. The number of hydrogen-bond donors (Lipinski definition) is 0. The summed E-state index contributed by atoms with van der Waals surface area (Å²) in [6, 6.07) is 0. The van der Waals surface area contributed by atoms with Gasteiger partial charge in [-0.05, 0) is 13.5 Å². The van der Waals surface area contributed by atoms with Crippen LogP contribution < -0.4 is 0 Å². The van der Waals surface area contributed by atoms with Crippen LogP contribution >= 0.6 is 0 Å². The highest BCUT2D eigenvalue weighted by molar-refractivity contribution is 4.86. The first-order chi connectivity index (χ1) is 5.74. The first-order valence-electron chi connectivity index (χ1n) is 4.11. The second kappa shape index (κ2) is 4.44. The van der Waals surface area contributed by atoms with E-state index in [4.69, 9.17) is 11.2 Å². The Kier molecular flexibility index (Phi) is 3.51. The summed E-state index contributed by atoms with van der Waals surface area (Å²) in [4.78, 5) is 1.96. The quantitative estimate of drug-likeness (QED) is 0.566. The van der Waals surface area contributed by atoms with Crippen molar-refractivity contribution >= 4 is 0 Å². The molecular formula is C9H14FNO. The topological polar surface area (TPSA) is 12.5 Å². The molecule has 0 aromatic carbocycles. The lowest BCUT2D eigenvalue weighted by Gasteiger charge is -2.31. The normalized spacial score (nSPS) is 31.4. The van der Waals surface area contributed by atoms with E-state index in [2.05, 4.69) is 5.92 Å². The van der Waals surface area contributed by atoms with Crippen molar-refractivity contribution in [1.82, 2.24) is 4.90 Å². The van der Waals surface area contributed by atoms with E-state index in [0.717, 1.165) is 13.0 Å². The summed E-state index contributed by atoms with van der Waals surface area (Å²) in [7, 11) is 1.91. The van der Waals surface area contributed by atoms with Crippen LogP contribution in [0.4, 0.5) is 4.39 Å². The van der Waals surface area contributed by atoms with Gasteiger partial charge in [0.1, 0.15) is 12.8 Å². The molecule has 0 bridgehead atoms. The number of terminal acetylenes is 1. The number of alkyl halides is 1. The number of halogens is 1. The standard InChI is InChI=1S/C9H14FNO/c1-3-6-12-9-4-5-11(2)7-8(9)10/h1,8-9H,4-7H2,2H3/t8-,9+/m1/s1. The van der Waals surface area contributed by atoms with Gasteiger partial charge in [-0.3, -0.25) is 0 Å². The Morgan fingerprint density at radius 1 is 1.75 bits per heavy atom. The van der Waals surface area contributed by atoms with E-state index in [0.29, 0.717) is 6.54 Å². The van der Waals surface area contributed by atoms with Gasteiger partial charge in [-0.1, -0.05) is 5.92 Å². The molecule has 0 spiro atoms. The van der Waals surface area contributed by atoms with Crippen molar-refractivity contribution in [2.75, 3.05) is 26.7 Å². The zero-order chi connectivity index (χ0) is 8.97. The Balaban J connectivity index is 2.30. The van der Waals surface area contributed by atoms with Crippen LogP contribution in [0.25, 0.3) is 0 Å². The number of rotatable bonds is 2. The van der Waals surface area contributed by atoms with Crippen molar-refractivity contribution in [2.45, 2.75) is 18.7 Å². The van der Waals surface area contributed by atoms with E-state index < -0.39 is 6.17 Å². The molecule has 1 rings (SSSR count). The van der Waals surface area contributed by atoms with Crippen LogP contribution in [0.5, 0.6) is 0 Å². The fourth-order valence-corrected chi connectivity index (χ4v) is 1.38. The Morgan fingerprint density at radius 2 is 2.50 bits per heavy atom. The lowest BCUT2D eigenvalue weighted by Crippen LogP contribution is -2.43. The molecule has 0 unspecified atom stereocenters. The molecule has 1 heterocycles. The highest BCUT2D eigenvalue weighted by Crippen LogP contribution is 2.15. The minimum absolute atomic E-state index is 0.217. The Morgan fingerprint density at radius 3 is 3.08 bits per heavy atom. The van der Waals surface area contributed by atoms with Gasteiger partial charge < -0.3 is 9.64 Å². The lowest BCUT2D eigenvalue weighted by molar-refractivity contribution is -0.0284. The van der Waals surface area contributed by atoms with Crippen molar-refractivity contribution in [3.05, 3.63) is 0 Å². The number of hydrogen-bond acceptors (Lipinski definition) is 2. The third kappa shape index (κ3) is 2.47. The van der Waals surface area contributed by atoms with E-state index >= 15 is 0 Å². The molecule has 1 aliphatic rings. The molecule has 1 saturated heterocycles. The average molecular weight is 171 g/mol. The molecule has 0 aromatic rings. The molecule has 0 saturated carbocycles. The SMILES string of the molecule is C#CCO[C@H]1CCN(C)C[C@H]1F. The maximum atomic E-state index is 13.2. The van der Waals surface area contributed by atoms with Gasteiger partial charge in [0.05, 0.1) is 6.10 Å². The molecule has 1 aliphatic heterocycles. The summed E-state index contributed by atoms with van der Waals surface area (Å²) in [6.45, 7) is 1.56. The van der Waals surface area contributed by atoms with Crippen LogP contribution in [-0.2, 0) is 4.74 Å². The molecule has 3 heteroatoms. The summed E-state index contributed by atoms with van der Waals surface area (Å²) in [5, 5.41) is 0. The molecule has 2 nitrogen and oxygen atoms in total. The zero-order valence-electron chi connectivity index (χ0n) is 7.29. The van der Waals surface area contributed by atoms with Gasteiger partial charge in [0.2, 0.25) is 0 Å². The van der Waals surface area contributed by atoms with Crippen molar-refractivity contribution in [2.24, 2.45) is 0 Å². The molecule has 1 fully saturated rings. The maximum absolute atomic E-state index is 13.2. The summed E-state index contributed by atoms with van der Waals surface area (Å²) < 4.78 is 18.3. The van der Waals surface area contributed by atoms with E-state index in [9.17, 15) is 4.39 Å². The molecular weight excluding hydrogens is 157 g/mol. The van der Waals surface area contributed by atoms with Crippen LogP contribution in [0.15, 0.2) is 0 Å². The van der Waals surface area contributed by atoms with Crippen LogP contribution in [-0.4, -0.2) is 43.9 Å². The molecule has 0 N–H and O–H groups in total. The maximum Gasteiger partial charge on any atom is 0.139 e. The van der Waals surface area contributed by atoms with Gasteiger partial charge in [-0.25, -0.2) is 4.39 Å². The lowest BCUT2D eigenvalue weighted by atomic mass is 10.1. The molecule has 0 aromatic heterocycles. The predicted octanol–water partition coefficient (Wildman–Crippen LogP) is 0.678. The summed E-state index contributed by atoms with van der Waals surface area (Å²) in [5.74, 6) is 2.34. The Bertz CT molecular complexity index is 178. The fraction of sp³-hybridized carbons (Fsp3) is 0.778. The third-order valence-electron chi connectivity index (χ3n) is 2.07. The Hall–Kier alpha value is -0.590. The van der Waals surface area contributed by atoms with Gasteiger partial charge in [0.25, 0.3) is 0 Å². The number of piperidine rings is 1. The monoisotopic (exact) mass is 171 g/mol. The van der Waals surface area contributed by atoms with Crippen LogP contribution in [0.1, 0.15) is 6.42 Å². The summed E-state index contributed by atoms with van der Waals surface area (Å²) >= 11 is 0. The Labute approximate surface area is 72.7 Å². The molecule has 12 heavy (non-hydrogen) atoms. The first-order valence-corrected chi connectivity index (χ1v) is 4.11. The van der Waals surface area contributed by atoms with Crippen molar-refractivity contribution in [3.63, 3.8) is 0 Å². The van der Waals surface area contributed by atoms with E-state index in [1.54, 1.807) is 0 Å². The first kappa shape index (κ1) is 9.50. The molecule has 68 valence electrons. The van der Waals surface area contributed by atoms with Gasteiger partial charge in [0, 0.05) is 13.1 Å². The largest absolute Gasteiger partial charge is 0.362 e. The number of likely N-dealkylation sites (tertiary alicyclic amines) is 1. The number of nitrogens with zero attached hydrogens (tertiary/aromatic N) is 1. The van der Waals surface area contributed by atoms with Gasteiger partial charge in [-0.15, -0.1) is 6.42 Å². The van der Waals surface area contributed by atoms with Gasteiger partial charge in [-0.2, -0.15) is 0 Å². The van der Waals surface area contributed by atoms with Crippen molar-refractivity contribution < 1.29 is 9.13 Å². The predicted molar refractivity (Wildman–Crippen MR) is 45.6 cm³/mol. The molecule has 0 amide bonds. The molecule has 0 aliphatic carbocycles. The highest BCUT2D eigenvalue weighted by Gasteiger charge is 2.27. The van der Waals surface area contributed by atoms with E-state index in [1.807, 2.05) is 11.9 Å². The van der Waals surface area contributed by atoms with Gasteiger partial charge >= 0.3 is 0 Å². The van der Waals surface area contributed by atoms with E-state index in [-0.39, 0.29) is 12.7 Å². The molecule has 2 atom stereocenters. The minimum Gasteiger partial charge on any atom is -0.362 e. The van der Waals surface area contributed by atoms with E-state index in [1.165, 1.54) is 0 Å². The number of ether oxygens (including phenoxy) is 1. The van der Waals surface area contributed by atoms with Crippen molar-refractivity contribution in [1.29, 1.82) is 0 Å². The minimum atomic E-state index is -0.892. The fourth-order valence-electron chi connectivity index (χ4n) is 1.38. The average Bonchev–Trinajstić information content (AvgIpc) is 2.03. The second-order valence-electron chi connectivity index (χ2n) is 3.12. The van der Waals surface area contributed by atoms with Crippen LogP contribution in [0, 0.1) is 12.3 Å². The van der Waals surface area contributed by atoms with Crippen LogP contribution in [0.3, 0.4) is 0 Å².